The van der Waals surface area contributed by atoms with Gasteiger partial charge in [0.2, 0.25) is 5.16 Å². The van der Waals surface area contributed by atoms with E-state index in [1.807, 2.05) is 55.5 Å². The van der Waals surface area contributed by atoms with E-state index < -0.39 is 0 Å². The highest BCUT2D eigenvalue weighted by Crippen LogP contribution is 2.22. The number of hydrogen-bond acceptors (Lipinski definition) is 6. The predicted molar refractivity (Wildman–Crippen MR) is 112 cm³/mol. The number of aryl methyl sites for hydroxylation is 1. The molecule has 0 spiro atoms. The summed E-state index contributed by atoms with van der Waals surface area (Å²) in [6, 6.07) is 20.3. The van der Waals surface area contributed by atoms with E-state index in [-0.39, 0.29) is 0 Å². The molecule has 1 N–H and O–H groups in total. The van der Waals surface area contributed by atoms with Crippen molar-refractivity contribution >= 4 is 23.4 Å². The molecule has 2 heterocycles. The van der Waals surface area contributed by atoms with Crippen LogP contribution in [0, 0.1) is 6.92 Å². The number of methoxy groups -OCH3 is 1. The van der Waals surface area contributed by atoms with Crippen LogP contribution < -0.4 is 10.1 Å². The molecule has 0 saturated heterocycles. The van der Waals surface area contributed by atoms with Gasteiger partial charge in [-0.25, -0.2) is 4.98 Å². The Morgan fingerprint density at radius 2 is 1.79 bits per heavy atom. The lowest BCUT2D eigenvalue weighted by Crippen LogP contribution is -2.07. The molecule has 4 rings (SSSR count). The van der Waals surface area contributed by atoms with Gasteiger partial charge in [-0.05, 0) is 30.2 Å². The molecule has 0 aliphatic rings. The normalized spacial score (nSPS) is 10.9. The molecule has 0 fully saturated rings. The van der Waals surface area contributed by atoms with Gasteiger partial charge < -0.3 is 10.1 Å². The second kappa shape index (κ2) is 8.31. The number of hydrogen-bond donors (Lipinski definition) is 1. The third-order valence-electron chi connectivity index (χ3n) is 4.26. The zero-order valence-corrected chi connectivity index (χ0v) is 16.6. The van der Waals surface area contributed by atoms with E-state index in [9.17, 15) is 0 Å². The van der Waals surface area contributed by atoms with Crippen LogP contribution in [0.25, 0.3) is 5.78 Å². The van der Waals surface area contributed by atoms with Gasteiger partial charge in [0.15, 0.2) is 0 Å². The maximum atomic E-state index is 5.21. The fraction of sp³-hybridized carbons (Fsp3) is 0.190. The van der Waals surface area contributed by atoms with E-state index >= 15 is 0 Å². The van der Waals surface area contributed by atoms with Crippen molar-refractivity contribution in [2.45, 2.75) is 24.4 Å². The summed E-state index contributed by atoms with van der Waals surface area (Å²) in [6.07, 6.45) is 0. The van der Waals surface area contributed by atoms with Crippen molar-refractivity contribution in [1.29, 1.82) is 0 Å². The SMILES string of the molecule is COc1ccc(CNc2cc(C)nc3nc(SCc4ccccc4)nn23)cc1. The first-order valence-corrected chi connectivity index (χ1v) is 9.98. The minimum atomic E-state index is 0.604. The second-order valence-corrected chi connectivity index (χ2v) is 7.31. The first-order chi connectivity index (χ1) is 13.7. The highest BCUT2D eigenvalue weighted by atomic mass is 32.2. The quantitative estimate of drug-likeness (QED) is 0.473. The highest BCUT2D eigenvalue weighted by molar-refractivity contribution is 7.98. The fourth-order valence-corrected chi connectivity index (χ4v) is 3.59. The lowest BCUT2D eigenvalue weighted by Gasteiger charge is -2.09. The summed E-state index contributed by atoms with van der Waals surface area (Å²) < 4.78 is 6.98. The van der Waals surface area contributed by atoms with Crippen molar-refractivity contribution in [1.82, 2.24) is 19.6 Å². The number of ether oxygens (including phenoxy) is 1. The zero-order valence-electron chi connectivity index (χ0n) is 15.8. The summed E-state index contributed by atoms with van der Waals surface area (Å²) in [6.45, 7) is 2.64. The summed E-state index contributed by atoms with van der Waals surface area (Å²) in [5, 5.41) is 8.79. The Hall–Kier alpha value is -3.06. The van der Waals surface area contributed by atoms with E-state index in [2.05, 4.69) is 32.5 Å². The van der Waals surface area contributed by atoms with Crippen molar-refractivity contribution in [2.75, 3.05) is 12.4 Å². The summed E-state index contributed by atoms with van der Waals surface area (Å²) in [4.78, 5) is 9.08. The second-order valence-electron chi connectivity index (χ2n) is 6.36. The largest absolute Gasteiger partial charge is 0.497 e. The first kappa shape index (κ1) is 18.3. The van der Waals surface area contributed by atoms with Gasteiger partial charge in [0.1, 0.15) is 11.6 Å². The summed E-state index contributed by atoms with van der Waals surface area (Å²) in [5.41, 5.74) is 3.30. The molecule has 0 unspecified atom stereocenters. The molecule has 2 aromatic carbocycles. The molecular weight excluding hydrogens is 370 g/mol. The number of aromatic nitrogens is 4. The number of nitrogens with one attached hydrogen (secondary N) is 1. The Kier molecular flexibility index (Phi) is 5.43. The molecule has 0 saturated carbocycles. The summed E-state index contributed by atoms with van der Waals surface area (Å²) >= 11 is 1.61. The van der Waals surface area contributed by atoms with Crippen molar-refractivity contribution < 1.29 is 4.74 Å². The molecule has 0 amide bonds. The van der Waals surface area contributed by atoms with Crippen LogP contribution in [0.1, 0.15) is 16.8 Å². The van der Waals surface area contributed by atoms with Gasteiger partial charge in [-0.15, -0.1) is 5.10 Å². The minimum Gasteiger partial charge on any atom is -0.497 e. The van der Waals surface area contributed by atoms with E-state index in [0.717, 1.165) is 33.7 Å². The Morgan fingerprint density at radius 3 is 2.54 bits per heavy atom. The average molecular weight is 392 g/mol. The number of rotatable bonds is 7. The average Bonchev–Trinajstić information content (AvgIpc) is 3.14. The zero-order chi connectivity index (χ0) is 19.3. The standard InChI is InChI=1S/C21H21N5OS/c1-15-12-19(22-13-16-8-10-18(27-2)11-9-16)26-20(23-15)24-21(25-26)28-14-17-6-4-3-5-7-17/h3-12,22H,13-14H2,1-2H3. The number of nitrogens with zero attached hydrogens (tertiary/aromatic N) is 4. The molecule has 28 heavy (non-hydrogen) atoms. The van der Waals surface area contributed by atoms with Gasteiger partial charge in [-0.3, -0.25) is 0 Å². The topological polar surface area (TPSA) is 64.3 Å². The molecule has 0 atom stereocenters. The number of anilines is 1. The van der Waals surface area contributed by atoms with Crippen LogP contribution in [0.2, 0.25) is 0 Å². The number of thioether (sulfide) groups is 1. The van der Waals surface area contributed by atoms with Crippen LogP contribution in [0.15, 0.2) is 65.8 Å². The molecule has 7 heteroatoms. The third kappa shape index (κ3) is 4.26. The maximum Gasteiger partial charge on any atom is 0.255 e. The molecule has 4 aromatic rings. The van der Waals surface area contributed by atoms with Crippen molar-refractivity contribution in [2.24, 2.45) is 0 Å². The minimum absolute atomic E-state index is 0.604. The highest BCUT2D eigenvalue weighted by Gasteiger charge is 2.11. The molecule has 0 radical (unpaired) electrons. The van der Waals surface area contributed by atoms with Gasteiger partial charge in [0.25, 0.3) is 5.78 Å². The third-order valence-corrected chi connectivity index (χ3v) is 5.17. The van der Waals surface area contributed by atoms with Gasteiger partial charge in [0.05, 0.1) is 7.11 Å². The molecule has 0 aliphatic carbocycles. The number of fused-ring (bicyclic) bond motifs is 1. The van der Waals surface area contributed by atoms with Crippen molar-refractivity contribution in [3.8, 4) is 5.75 Å². The Morgan fingerprint density at radius 1 is 1.00 bits per heavy atom. The van der Waals surface area contributed by atoms with Gasteiger partial charge in [-0.2, -0.15) is 9.50 Å². The lowest BCUT2D eigenvalue weighted by atomic mass is 10.2. The van der Waals surface area contributed by atoms with E-state index in [1.54, 1.807) is 23.4 Å². The van der Waals surface area contributed by atoms with Gasteiger partial charge >= 0.3 is 0 Å². The molecule has 0 bridgehead atoms. The smallest absolute Gasteiger partial charge is 0.255 e. The fourth-order valence-electron chi connectivity index (χ4n) is 2.81. The monoisotopic (exact) mass is 391 g/mol. The Bertz CT molecular complexity index is 1060. The molecule has 142 valence electrons. The van der Waals surface area contributed by atoms with Crippen LogP contribution in [0.4, 0.5) is 5.82 Å². The van der Waals surface area contributed by atoms with Crippen LogP contribution in [0.3, 0.4) is 0 Å². The number of benzene rings is 2. The van der Waals surface area contributed by atoms with E-state index in [4.69, 9.17) is 4.74 Å². The van der Waals surface area contributed by atoms with Crippen LogP contribution in [0.5, 0.6) is 5.75 Å². The summed E-state index contributed by atoms with van der Waals surface area (Å²) in [7, 11) is 1.67. The maximum absolute atomic E-state index is 5.21. The Labute approximate surface area is 168 Å². The van der Waals surface area contributed by atoms with Crippen molar-refractivity contribution in [3.63, 3.8) is 0 Å². The van der Waals surface area contributed by atoms with Crippen LogP contribution in [-0.4, -0.2) is 26.7 Å². The Balaban J connectivity index is 1.51. The van der Waals surface area contributed by atoms with Crippen LogP contribution in [-0.2, 0) is 12.3 Å². The van der Waals surface area contributed by atoms with E-state index in [1.165, 1.54) is 5.56 Å². The van der Waals surface area contributed by atoms with Crippen molar-refractivity contribution in [3.05, 3.63) is 77.5 Å². The van der Waals surface area contributed by atoms with Gasteiger partial charge in [0, 0.05) is 24.1 Å². The molecule has 6 nitrogen and oxygen atoms in total. The first-order valence-electron chi connectivity index (χ1n) is 8.99. The van der Waals surface area contributed by atoms with Gasteiger partial charge in [-0.1, -0.05) is 54.2 Å². The lowest BCUT2D eigenvalue weighted by molar-refractivity contribution is 0.414. The predicted octanol–water partition coefficient (Wildman–Crippen LogP) is 4.35. The molecular formula is C21H21N5OS. The van der Waals surface area contributed by atoms with Crippen LogP contribution >= 0.6 is 11.8 Å². The molecule has 2 aromatic heterocycles. The molecule has 0 aliphatic heterocycles. The van der Waals surface area contributed by atoms with E-state index in [0.29, 0.717) is 12.3 Å². The summed E-state index contributed by atoms with van der Waals surface area (Å²) in [5.74, 6) is 3.15.